The average molecular weight is 256 g/mol. The summed E-state index contributed by atoms with van der Waals surface area (Å²) in [6.45, 7) is 4.69. The van der Waals surface area contributed by atoms with E-state index in [0.717, 1.165) is 19.3 Å². The fourth-order valence-corrected chi connectivity index (χ4v) is 2.58. The van der Waals surface area contributed by atoms with E-state index in [-0.39, 0.29) is 12.5 Å². The second-order valence-corrected chi connectivity index (χ2v) is 5.10. The number of carboxylic acid groups (broad SMARTS) is 1. The van der Waals surface area contributed by atoms with E-state index in [1.807, 2.05) is 4.90 Å². The van der Waals surface area contributed by atoms with Gasteiger partial charge in [-0.2, -0.15) is 0 Å². The van der Waals surface area contributed by atoms with Gasteiger partial charge in [0.25, 0.3) is 0 Å². The van der Waals surface area contributed by atoms with Gasteiger partial charge in [-0.05, 0) is 32.6 Å². The van der Waals surface area contributed by atoms with Gasteiger partial charge in [-0.1, -0.05) is 6.92 Å². The third kappa shape index (κ3) is 3.62. The van der Waals surface area contributed by atoms with Crippen molar-refractivity contribution >= 4 is 12.0 Å². The maximum atomic E-state index is 12.3. The van der Waals surface area contributed by atoms with Crippen molar-refractivity contribution in [3.05, 3.63) is 0 Å². The number of nitrogens with zero attached hydrogens (tertiary/aromatic N) is 2. The van der Waals surface area contributed by atoms with Gasteiger partial charge in [-0.15, -0.1) is 0 Å². The Morgan fingerprint density at radius 2 is 2.06 bits per heavy atom. The van der Waals surface area contributed by atoms with Crippen LogP contribution < -0.4 is 0 Å². The van der Waals surface area contributed by atoms with Crippen molar-refractivity contribution in [3.8, 4) is 0 Å². The molecule has 0 aromatic carbocycles. The molecule has 1 N–H and O–H groups in total. The fourth-order valence-electron chi connectivity index (χ4n) is 2.58. The molecule has 18 heavy (non-hydrogen) atoms. The molecule has 0 aliphatic carbocycles. The Labute approximate surface area is 109 Å². The van der Waals surface area contributed by atoms with E-state index >= 15 is 0 Å². The van der Waals surface area contributed by atoms with Crippen LogP contribution in [0.1, 0.15) is 46.0 Å². The van der Waals surface area contributed by atoms with Crippen LogP contribution in [0.5, 0.6) is 0 Å². The van der Waals surface area contributed by atoms with Gasteiger partial charge in [-0.3, -0.25) is 4.79 Å². The van der Waals surface area contributed by atoms with Gasteiger partial charge in [-0.25, -0.2) is 4.79 Å². The number of amides is 2. The van der Waals surface area contributed by atoms with Gasteiger partial charge in [0, 0.05) is 32.1 Å². The minimum atomic E-state index is -0.808. The van der Waals surface area contributed by atoms with Crippen LogP contribution in [-0.4, -0.2) is 52.6 Å². The number of carboxylic acids is 1. The molecule has 0 radical (unpaired) electrons. The first kappa shape index (κ1) is 14.8. The molecular weight excluding hydrogens is 232 g/mol. The second-order valence-electron chi connectivity index (χ2n) is 5.10. The van der Waals surface area contributed by atoms with Crippen LogP contribution in [0.25, 0.3) is 0 Å². The lowest BCUT2D eigenvalue weighted by atomic mass is 10.2. The van der Waals surface area contributed by atoms with Crippen molar-refractivity contribution in [2.24, 2.45) is 0 Å². The van der Waals surface area contributed by atoms with E-state index in [2.05, 4.69) is 13.8 Å². The summed E-state index contributed by atoms with van der Waals surface area (Å²) >= 11 is 0. The molecule has 2 atom stereocenters. The maximum absolute atomic E-state index is 12.3. The molecule has 1 aliphatic heterocycles. The van der Waals surface area contributed by atoms with Crippen molar-refractivity contribution in [1.82, 2.24) is 9.80 Å². The van der Waals surface area contributed by atoms with Gasteiger partial charge in [0.1, 0.15) is 0 Å². The summed E-state index contributed by atoms with van der Waals surface area (Å²) in [6.07, 6.45) is 3.75. The van der Waals surface area contributed by atoms with Crippen molar-refractivity contribution in [1.29, 1.82) is 0 Å². The summed E-state index contributed by atoms with van der Waals surface area (Å²) in [5.41, 5.74) is 0. The standard InChI is InChI=1S/C13H24N2O3/c1-4-11-8-7-10(2)15(11)13(18)14(3)9-5-6-12(16)17/h10-11H,4-9H2,1-3H3,(H,16,17). The van der Waals surface area contributed by atoms with E-state index < -0.39 is 5.97 Å². The lowest BCUT2D eigenvalue weighted by molar-refractivity contribution is -0.137. The highest BCUT2D eigenvalue weighted by atomic mass is 16.4. The smallest absolute Gasteiger partial charge is 0.320 e. The lowest BCUT2D eigenvalue weighted by Crippen LogP contribution is -2.47. The summed E-state index contributed by atoms with van der Waals surface area (Å²) in [6, 6.07) is 0.677. The average Bonchev–Trinajstić information content (AvgIpc) is 2.68. The molecule has 0 spiro atoms. The number of rotatable bonds is 5. The van der Waals surface area contributed by atoms with Crippen LogP contribution in [0.4, 0.5) is 4.79 Å². The Bertz CT molecular complexity index is 307. The number of hydrogen-bond donors (Lipinski definition) is 1. The van der Waals surface area contributed by atoms with Gasteiger partial charge >= 0.3 is 12.0 Å². The van der Waals surface area contributed by atoms with Crippen LogP contribution in [0.15, 0.2) is 0 Å². The molecular formula is C13H24N2O3. The summed E-state index contributed by atoms with van der Waals surface area (Å²) in [5.74, 6) is -0.808. The first-order chi connectivity index (χ1) is 8.47. The van der Waals surface area contributed by atoms with Crippen molar-refractivity contribution in [2.45, 2.75) is 58.0 Å². The minimum absolute atomic E-state index is 0.0391. The van der Waals surface area contributed by atoms with Crippen molar-refractivity contribution < 1.29 is 14.7 Å². The summed E-state index contributed by atoms with van der Waals surface area (Å²) < 4.78 is 0. The van der Waals surface area contributed by atoms with Gasteiger partial charge in [0.05, 0.1) is 0 Å². The fraction of sp³-hybridized carbons (Fsp3) is 0.846. The Balaban J connectivity index is 2.49. The predicted molar refractivity (Wildman–Crippen MR) is 69.5 cm³/mol. The monoisotopic (exact) mass is 256 g/mol. The zero-order valence-electron chi connectivity index (χ0n) is 11.6. The molecule has 2 amide bonds. The molecule has 1 rings (SSSR count). The first-order valence-corrected chi connectivity index (χ1v) is 6.72. The van der Waals surface area contributed by atoms with E-state index in [1.165, 1.54) is 0 Å². The highest BCUT2D eigenvalue weighted by molar-refractivity contribution is 5.75. The minimum Gasteiger partial charge on any atom is -0.481 e. The number of urea groups is 1. The van der Waals surface area contributed by atoms with Crippen LogP contribution in [0, 0.1) is 0 Å². The molecule has 0 saturated carbocycles. The molecule has 1 fully saturated rings. The normalized spacial score (nSPS) is 23.2. The number of aliphatic carboxylic acids is 1. The summed E-state index contributed by atoms with van der Waals surface area (Å²) in [5, 5.41) is 8.58. The van der Waals surface area contributed by atoms with E-state index in [1.54, 1.807) is 11.9 Å². The molecule has 5 heteroatoms. The number of carbonyl (C=O) groups is 2. The van der Waals surface area contributed by atoms with Crippen LogP contribution in [0.2, 0.25) is 0 Å². The summed E-state index contributed by atoms with van der Waals surface area (Å²) in [4.78, 5) is 26.4. The van der Waals surface area contributed by atoms with Gasteiger partial charge in [0.2, 0.25) is 0 Å². The third-order valence-corrected chi connectivity index (χ3v) is 3.69. The first-order valence-electron chi connectivity index (χ1n) is 6.72. The van der Waals surface area contributed by atoms with E-state index in [0.29, 0.717) is 25.0 Å². The molecule has 0 aromatic rings. The molecule has 1 saturated heterocycles. The Hall–Kier alpha value is -1.26. The van der Waals surface area contributed by atoms with Crippen molar-refractivity contribution in [2.75, 3.05) is 13.6 Å². The molecule has 0 aromatic heterocycles. The Kier molecular flexibility index (Phi) is 5.44. The quantitative estimate of drug-likeness (QED) is 0.820. The zero-order valence-corrected chi connectivity index (χ0v) is 11.6. The van der Waals surface area contributed by atoms with Crippen molar-refractivity contribution in [3.63, 3.8) is 0 Å². The highest BCUT2D eigenvalue weighted by Gasteiger charge is 2.34. The number of likely N-dealkylation sites (tertiary alicyclic amines) is 1. The predicted octanol–water partition coefficient (Wildman–Crippen LogP) is 2.17. The van der Waals surface area contributed by atoms with E-state index in [9.17, 15) is 9.59 Å². The topological polar surface area (TPSA) is 60.9 Å². The van der Waals surface area contributed by atoms with Gasteiger partial charge < -0.3 is 14.9 Å². The third-order valence-electron chi connectivity index (χ3n) is 3.69. The second kappa shape index (κ2) is 6.61. The molecule has 1 heterocycles. The number of carbonyl (C=O) groups excluding carboxylic acids is 1. The lowest BCUT2D eigenvalue weighted by Gasteiger charge is -2.32. The molecule has 0 bridgehead atoms. The molecule has 1 aliphatic rings. The largest absolute Gasteiger partial charge is 0.481 e. The maximum Gasteiger partial charge on any atom is 0.320 e. The Morgan fingerprint density at radius 3 is 2.61 bits per heavy atom. The molecule has 2 unspecified atom stereocenters. The highest BCUT2D eigenvalue weighted by Crippen LogP contribution is 2.26. The Morgan fingerprint density at radius 1 is 1.39 bits per heavy atom. The SMILES string of the molecule is CCC1CCC(C)N1C(=O)N(C)CCCC(=O)O. The van der Waals surface area contributed by atoms with Gasteiger partial charge in [0.15, 0.2) is 0 Å². The summed E-state index contributed by atoms with van der Waals surface area (Å²) in [7, 11) is 1.75. The van der Waals surface area contributed by atoms with Crippen LogP contribution in [0.3, 0.4) is 0 Å². The molecule has 104 valence electrons. The van der Waals surface area contributed by atoms with Crippen LogP contribution >= 0.6 is 0 Å². The number of hydrogen-bond acceptors (Lipinski definition) is 2. The van der Waals surface area contributed by atoms with Crippen LogP contribution in [-0.2, 0) is 4.79 Å². The van der Waals surface area contributed by atoms with E-state index in [4.69, 9.17) is 5.11 Å². The molecule has 5 nitrogen and oxygen atoms in total. The zero-order chi connectivity index (χ0) is 13.7.